The maximum Gasteiger partial charge on any atom is 0.268 e. The van der Waals surface area contributed by atoms with Gasteiger partial charge in [-0.3, -0.25) is 9.78 Å². The van der Waals surface area contributed by atoms with Crippen molar-refractivity contribution in [2.24, 2.45) is 0 Å². The summed E-state index contributed by atoms with van der Waals surface area (Å²) in [5.41, 5.74) is 3.16. The highest BCUT2D eigenvalue weighted by atomic mass is 16.1. The summed E-state index contributed by atoms with van der Waals surface area (Å²) >= 11 is 0. The highest BCUT2D eigenvalue weighted by molar-refractivity contribution is 5.93. The molecule has 4 rings (SSSR count). The van der Waals surface area contributed by atoms with Crippen LogP contribution in [0, 0.1) is 0 Å². The third kappa shape index (κ3) is 2.10. The van der Waals surface area contributed by atoms with Crippen molar-refractivity contribution in [1.29, 1.82) is 0 Å². The van der Waals surface area contributed by atoms with E-state index in [1.807, 2.05) is 57.7 Å². The van der Waals surface area contributed by atoms with E-state index in [-0.39, 0.29) is 5.91 Å². The monoisotopic (exact) mass is 291 g/mol. The van der Waals surface area contributed by atoms with Gasteiger partial charge in [-0.05, 0) is 24.3 Å². The Bertz CT molecular complexity index is 936. The van der Waals surface area contributed by atoms with E-state index < -0.39 is 0 Å². The van der Waals surface area contributed by atoms with Gasteiger partial charge in [0.05, 0.1) is 18.4 Å². The predicted octanol–water partition coefficient (Wildman–Crippen LogP) is 1.91. The van der Waals surface area contributed by atoms with Gasteiger partial charge in [0.1, 0.15) is 5.69 Å². The molecule has 0 aromatic carbocycles. The number of fused-ring (bicyclic) bond motifs is 2. The lowest BCUT2D eigenvalue weighted by Gasteiger charge is -2.03. The Morgan fingerprint density at radius 1 is 1.18 bits per heavy atom. The molecule has 0 atom stereocenters. The molecule has 0 aliphatic rings. The van der Waals surface area contributed by atoms with E-state index in [1.165, 1.54) is 0 Å². The second-order valence-electron chi connectivity index (χ2n) is 4.97. The van der Waals surface area contributed by atoms with E-state index in [4.69, 9.17) is 0 Å². The predicted molar refractivity (Wildman–Crippen MR) is 81.6 cm³/mol. The normalized spacial score (nSPS) is 11.1. The maximum absolute atomic E-state index is 12.3. The van der Waals surface area contributed by atoms with Crippen molar-refractivity contribution in [3.63, 3.8) is 0 Å². The molecular weight excluding hydrogens is 278 g/mol. The average molecular weight is 291 g/mol. The third-order valence-electron chi connectivity index (χ3n) is 3.54. The van der Waals surface area contributed by atoms with Crippen molar-refractivity contribution in [3.05, 3.63) is 72.7 Å². The van der Waals surface area contributed by atoms with Crippen LogP contribution in [-0.4, -0.2) is 24.7 Å². The first-order valence-corrected chi connectivity index (χ1v) is 6.93. The van der Waals surface area contributed by atoms with E-state index in [1.54, 1.807) is 12.4 Å². The summed E-state index contributed by atoms with van der Waals surface area (Å²) in [6.45, 7) is 0.376. The minimum Gasteiger partial charge on any atom is -0.345 e. The molecule has 108 valence electrons. The number of imidazole rings is 1. The van der Waals surface area contributed by atoms with Gasteiger partial charge >= 0.3 is 0 Å². The van der Waals surface area contributed by atoms with Gasteiger partial charge in [0, 0.05) is 30.3 Å². The van der Waals surface area contributed by atoms with Gasteiger partial charge in [-0.2, -0.15) is 0 Å². The molecule has 0 aliphatic heterocycles. The zero-order valence-corrected chi connectivity index (χ0v) is 11.7. The fraction of sp³-hybridized carbons (Fsp3) is 0.0625. The number of hydrogen-bond acceptors (Lipinski definition) is 3. The Labute approximate surface area is 126 Å². The van der Waals surface area contributed by atoms with Crippen molar-refractivity contribution in [2.75, 3.05) is 0 Å². The average Bonchev–Trinajstić information content (AvgIpc) is 3.16. The highest BCUT2D eigenvalue weighted by Gasteiger charge is 2.11. The van der Waals surface area contributed by atoms with E-state index in [9.17, 15) is 4.79 Å². The lowest BCUT2D eigenvalue weighted by atomic mass is 10.4. The van der Waals surface area contributed by atoms with Crippen LogP contribution in [0.1, 0.15) is 16.2 Å². The number of rotatable bonds is 3. The van der Waals surface area contributed by atoms with E-state index in [0.29, 0.717) is 12.2 Å². The van der Waals surface area contributed by atoms with Crippen LogP contribution in [0.15, 0.2) is 61.3 Å². The number of pyridine rings is 1. The first-order chi connectivity index (χ1) is 10.8. The molecule has 0 saturated heterocycles. The van der Waals surface area contributed by atoms with Crippen molar-refractivity contribution in [1.82, 2.24) is 24.1 Å². The Morgan fingerprint density at radius 3 is 3.05 bits per heavy atom. The minimum atomic E-state index is -0.124. The molecule has 0 saturated carbocycles. The number of nitrogens with zero attached hydrogens (tertiary/aromatic N) is 4. The number of aromatic nitrogens is 4. The van der Waals surface area contributed by atoms with Crippen LogP contribution in [0.3, 0.4) is 0 Å². The topological polar surface area (TPSA) is 63.7 Å². The lowest BCUT2D eigenvalue weighted by Crippen LogP contribution is -2.24. The zero-order chi connectivity index (χ0) is 14.9. The Kier molecular flexibility index (Phi) is 2.86. The summed E-state index contributed by atoms with van der Waals surface area (Å²) in [7, 11) is 0. The van der Waals surface area contributed by atoms with E-state index in [0.717, 1.165) is 16.9 Å². The Hall–Kier alpha value is -3.15. The van der Waals surface area contributed by atoms with Crippen molar-refractivity contribution >= 4 is 17.1 Å². The Morgan fingerprint density at radius 2 is 2.14 bits per heavy atom. The molecule has 0 spiro atoms. The summed E-state index contributed by atoms with van der Waals surface area (Å²) in [4.78, 5) is 20.8. The van der Waals surface area contributed by atoms with Crippen LogP contribution in [0.5, 0.6) is 0 Å². The number of carbonyl (C=O) groups excluding carboxylic acids is 1. The van der Waals surface area contributed by atoms with Crippen LogP contribution in [-0.2, 0) is 6.54 Å². The largest absolute Gasteiger partial charge is 0.345 e. The third-order valence-corrected chi connectivity index (χ3v) is 3.54. The van der Waals surface area contributed by atoms with Crippen molar-refractivity contribution in [2.45, 2.75) is 6.54 Å². The summed E-state index contributed by atoms with van der Waals surface area (Å²) in [5.74, 6) is -0.124. The second kappa shape index (κ2) is 5.00. The summed E-state index contributed by atoms with van der Waals surface area (Å²) in [6, 6.07) is 9.55. The smallest absolute Gasteiger partial charge is 0.268 e. The minimum absolute atomic E-state index is 0.124. The van der Waals surface area contributed by atoms with Crippen LogP contribution in [0.4, 0.5) is 0 Å². The zero-order valence-electron chi connectivity index (χ0n) is 11.7. The molecule has 4 heterocycles. The van der Waals surface area contributed by atoms with Crippen LogP contribution < -0.4 is 5.32 Å². The second-order valence-corrected chi connectivity index (χ2v) is 4.97. The molecule has 6 heteroatoms. The molecule has 0 radical (unpaired) electrons. The van der Waals surface area contributed by atoms with Crippen LogP contribution in [0.25, 0.3) is 11.2 Å². The fourth-order valence-corrected chi connectivity index (χ4v) is 2.48. The summed E-state index contributed by atoms with van der Waals surface area (Å²) in [5, 5.41) is 2.90. The lowest BCUT2D eigenvalue weighted by molar-refractivity contribution is 0.0944. The van der Waals surface area contributed by atoms with Crippen molar-refractivity contribution < 1.29 is 4.79 Å². The first-order valence-electron chi connectivity index (χ1n) is 6.93. The maximum atomic E-state index is 12.3. The Balaban J connectivity index is 1.54. The number of nitrogens with one attached hydrogen (secondary N) is 1. The van der Waals surface area contributed by atoms with Crippen molar-refractivity contribution in [3.8, 4) is 0 Å². The first kappa shape index (κ1) is 12.6. The molecule has 4 aromatic heterocycles. The number of amides is 1. The molecule has 0 fully saturated rings. The highest BCUT2D eigenvalue weighted by Crippen LogP contribution is 2.10. The standard InChI is InChI=1S/C16H13N5O/c22-16(14-5-4-13-3-1-2-7-21(13)14)18-9-12-11-20-8-6-17-10-15(20)19-12/h1-8,10-11H,9H2,(H,18,22). The molecule has 0 bridgehead atoms. The van der Waals surface area contributed by atoms with Gasteiger partial charge in [-0.25, -0.2) is 4.98 Å². The quantitative estimate of drug-likeness (QED) is 0.627. The SMILES string of the molecule is O=C(NCc1cn2ccncc2n1)c1ccc2ccccn12. The van der Waals surface area contributed by atoms with Gasteiger partial charge < -0.3 is 14.1 Å². The molecule has 1 amide bonds. The van der Waals surface area contributed by atoms with Crippen LogP contribution >= 0.6 is 0 Å². The molecule has 22 heavy (non-hydrogen) atoms. The van der Waals surface area contributed by atoms with E-state index >= 15 is 0 Å². The van der Waals surface area contributed by atoms with E-state index in [2.05, 4.69) is 15.3 Å². The molecule has 6 nitrogen and oxygen atoms in total. The van der Waals surface area contributed by atoms with Gasteiger partial charge in [-0.1, -0.05) is 6.07 Å². The van der Waals surface area contributed by atoms with Crippen LogP contribution in [0.2, 0.25) is 0 Å². The van der Waals surface area contributed by atoms with Gasteiger partial charge in [0.15, 0.2) is 5.65 Å². The van der Waals surface area contributed by atoms with Gasteiger partial charge in [-0.15, -0.1) is 0 Å². The number of carbonyl (C=O) groups is 1. The molecule has 4 aromatic rings. The molecule has 1 N–H and O–H groups in total. The molecular formula is C16H13N5O. The molecule has 0 aliphatic carbocycles. The molecule has 0 unspecified atom stereocenters. The van der Waals surface area contributed by atoms with Gasteiger partial charge in [0.2, 0.25) is 0 Å². The summed E-state index contributed by atoms with van der Waals surface area (Å²) in [6.07, 6.45) is 8.97. The van der Waals surface area contributed by atoms with Gasteiger partial charge in [0.25, 0.3) is 5.91 Å². The fourth-order valence-electron chi connectivity index (χ4n) is 2.48. The summed E-state index contributed by atoms with van der Waals surface area (Å²) < 4.78 is 3.74. The number of hydrogen-bond donors (Lipinski definition) is 1.